The van der Waals surface area contributed by atoms with Crippen molar-refractivity contribution in [3.05, 3.63) is 59.6 Å². The lowest BCUT2D eigenvalue weighted by atomic mass is 9.95. The molecule has 0 atom stereocenters. The SMILES string of the molecule is C=C(O)c1ccc(-c2cc3c(cc2C(F)(F)F)N(C(=N)C2=C(NC4CCOCC4)CCN(C(C)=O)C2)CCN3C)cn1. The molecular weight excluding hydrogens is 549 g/mol. The highest BCUT2D eigenvalue weighted by Crippen LogP contribution is 2.45. The molecule has 1 fully saturated rings. The number of benzene rings is 1. The van der Waals surface area contributed by atoms with E-state index in [1.807, 2.05) is 11.9 Å². The lowest BCUT2D eigenvalue weighted by molar-refractivity contribution is -0.137. The number of hydrogen-bond donors (Lipinski definition) is 3. The van der Waals surface area contributed by atoms with E-state index in [9.17, 15) is 28.5 Å². The van der Waals surface area contributed by atoms with Gasteiger partial charge >= 0.3 is 6.18 Å². The van der Waals surface area contributed by atoms with E-state index in [1.54, 1.807) is 9.80 Å². The first-order valence-electron chi connectivity index (χ1n) is 13.9. The monoisotopic (exact) mass is 584 g/mol. The second-order valence-corrected chi connectivity index (χ2v) is 10.9. The molecular formula is C30H35F3N6O3. The summed E-state index contributed by atoms with van der Waals surface area (Å²) in [6.45, 7) is 7.68. The van der Waals surface area contributed by atoms with Gasteiger partial charge in [-0.05, 0) is 36.6 Å². The second kappa shape index (κ2) is 11.7. The Bertz CT molecular complexity index is 1420. The fraction of sp³-hybridized carbons (Fsp3) is 0.433. The summed E-state index contributed by atoms with van der Waals surface area (Å²) < 4.78 is 49.0. The first kappa shape index (κ1) is 29.4. The molecule has 5 rings (SSSR count). The van der Waals surface area contributed by atoms with Crippen LogP contribution in [0.25, 0.3) is 16.9 Å². The molecule has 0 radical (unpaired) electrons. The highest BCUT2D eigenvalue weighted by Gasteiger charge is 2.38. The Morgan fingerprint density at radius 2 is 1.90 bits per heavy atom. The lowest BCUT2D eigenvalue weighted by Crippen LogP contribution is -2.48. The van der Waals surface area contributed by atoms with Crippen molar-refractivity contribution >= 4 is 28.9 Å². The molecule has 3 aliphatic rings. The van der Waals surface area contributed by atoms with Crippen LogP contribution in [0, 0.1) is 5.41 Å². The maximum absolute atomic E-state index is 14.5. The molecule has 12 heteroatoms. The van der Waals surface area contributed by atoms with Crippen LogP contribution in [-0.4, -0.2) is 79.2 Å². The van der Waals surface area contributed by atoms with Crippen molar-refractivity contribution < 1.29 is 27.8 Å². The van der Waals surface area contributed by atoms with E-state index in [0.717, 1.165) is 24.6 Å². The van der Waals surface area contributed by atoms with Crippen molar-refractivity contribution in [1.82, 2.24) is 15.2 Å². The average molecular weight is 585 g/mol. The van der Waals surface area contributed by atoms with Crippen molar-refractivity contribution in [2.75, 3.05) is 56.2 Å². The number of carbonyl (C=O) groups is 1. The van der Waals surface area contributed by atoms with Crippen LogP contribution in [0.4, 0.5) is 24.5 Å². The molecule has 0 spiro atoms. The van der Waals surface area contributed by atoms with Gasteiger partial charge < -0.3 is 29.9 Å². The molecule has 1 amide bonds. The molecule has 0 unspecified atom stereocenters. The zero-order valence-electron chi connectivity index (χ0n) is 23.7. The van der Waals surface area contributed by atoms with E-state index >= 15 is 0 Å². The van der Waals surface area contributed by atoms with Gasteiger partial charge in [-0.3, -0.25) is 15.2 Å². The molecule has 2 aromatic rings. The van der Waals surface area contributed by atoms with E-state index in [2.05, 4.69) is 16.9 Å². The largest absolute Gasteiger partial charge is 0.506 e. The summed E-state index contributed by atoms with van der Waals surface area (Å²) in [5, 5.41) is 22.5. The van der Waals surface area contributed by atoms with E-state index in [0.29, 0.717) is 50.5 Å². The normalized spacial score (nSPS) is 18.2. The number of pyridine rings is 1. The quantitative estimate of drug-likeness (QED) is 0.263. The Balaban J connectivity index is 1.57. The van der Waals surface area contributed by atoms with Crippen LogP contribution in [0.1, 0.15) is 37.4 Å². The number of amides is 1. The van der Waals surface area contributed by atoms with E-state index in [-0.39, 0.29) is 52.6 Å². The zero-order chi connectivity index (χ0) is 30.2. The first-order valence-corrected chi connectivity index (χ1v) is 13.9. The van der Waals surface area contributed by atoms with Gasteiger partial charge in [-0.15, -0.1) is 0 Å². The number of alkyl halides is 3. The molecule has 3 N–H and O–H groups in total. The van der Waals surface area contributed by atoms with E-state index in [1.165, 1.54) is 31.3 Å². The van der Waals surface area contributed by atoms with Gasteiger partial charge in [-0.1, -0.05) is 12.6 Å². The summed E-state index contributed by atoms with van der Waals surface area (Å²) in [7, 11) is 1.81. The molecule has 1 saturated heterocycles. The van der Waals surface area contributed by atoms with Gasteiger partial charge in [-0.25, -0.2) is 0 Å². The molecule has 224 valence electrons. The number of nitrogens with zero attached hydrogens (tertiary/aromatic N) is 4. The number of aliphatic hydroxyl groups excluding tert-OH is 1. The number of ether oxygens (including phenoxy) is 1. The van der Waals surface area contributed by atoms with Gasteiger partial charge in [-0.2, -0.15) is 13.2 Å². The number of fused-ring (bicyclic) bond motifs is 1. The smallest absolute Gasteiger partial charge is 0.417 e. The number of likely N-dealkylation sites (N-methyl/N-ethyl adjacent to an activating group) is 1. The third-order valence-corrected chi connectivity index (χ3v) is 8.10. The van der Waals surface area contributed by atoms with E-state index < -0.39 is 11.7 Å². The summed E-state index contributed by atoms with van der Waals surface area (Å²) >= 11 is 0. The van der Waals surface area contributed by atoms with Gasteiger partial charge in [0.1, 0.15) is 17.3 Å². The number of carbonyl (C=O) groups excluding carboxylic acids is 1. The van der Waals surface area contributed by atoms with Crippen molar-refractivity contribution in [2.45, 2.75) is 38.4 Å². The zero-order valence-corrected chi connectivity index (χ0v) is 23.7. The second-order valence-electron chi connectivity index (χ2n) is 10.9. The average Bonchev–Trinajstić information content (AvgIpc) is 2.97. The molecule has 0 saturated carbocycles. The Morgan fingerprint density at radius 3 is 2.52 bits per heavy atom. The Labute approximate surface area is 242 Å². The van der Waals surface area contributed by atoms with Crippen LogP contribution in [-0.2, 0) is 15.7 Å². The summed E-state index contributed by atoms with van der Waals surface area (Å²) in [6.07, 6.45) is -1.23. The third-order valence-electron chi connectivity index (χ3n) is 8.10. The lowest BCUT2D eigenvalue weighted by Gasteiger charge is -2.41. The minimum atomic E-state index is -4.68. The molecule has 1 aromatic heterocycles. The maximum atomic E-state index is 14.5. The standard InChI is InChI=1S/C30H35F3N6O3/c1-18(40)25-5-4-20(16-35-25)22-14-27-28(15-24(22)30(31,32)33)39(11-10-37(27)3)29(34)23-17-38(19(2)41)9-6-26(23)36-21-7-12-42-13-8-21/h4-5,14-16,21,34,36,40H,1,6-13,17H2,2-3H3. The molecule has 0 bridgehead atoms. The molecule has 9 nitrogen and oxygen atoms in total. The van der Waals surface area contributed by atoms with Gasteiger partial charge in [0.25, 0.3) is 0 Å². The number of halogens is 3. The predicted molar refractivity (Wildman–Crippen MR) is 156 cm³/mol. The van der Waals surface area contributed by atoms with Crippen molar-refractivity contribution in [3.8, 4) is 11.1 Å². The molecule has 0 aliphatic carbocycles. The Kier molecular flexibility index (Phi) is 8.18. The van der Waals surface area contributed by atoms with Crippen LogP contribution >= 0.6 is 0 Å². The van der Waals surface area contributed by atoms with Crippen molar-refractivity contribution in [3.63, 3.8) is 0 Å². The number of aromatic nitrogens is 1. The number of hydrogen-bond acceptors (Lipinski definition) is 7. The van der Waals surface area contributed by atoms with Crippen LogP contribution in [0.15, 0.2) is 48.3 Å². The Hall–Kier alpha value is -4.06. The molecule has 4 heterocycles. The molecule has 1 aromatic carbocycles. The van der Waals surface area contributed by atoms with Gasteiger partial charge in [0, 0.05) is 82.3 Å². The van der Waals surface area contributed by atoms with Crippen LogP contribution < -0.4 is 15.1 Å². The minimum absolute atomic E-state index is 0.0504. The van der Waals surface area contributed by atoms with Crippen LogP contribution in [0.3, 0.4) is 0 Å². The number of nitrogens with one attached hydrogen (secondary N) is 2. The minimum Gasteiger partial charge on any atom is -0.506 e. The summed E-state index contributed by atoms with van der Waals surface area (Å²) in [4.78, 5) is 21.5. The number of rotatable bonds is 5. The Morgan fingerprint density at radius 1 is 1.17 bits per heavy atom. The maximum Gasteiger partial charge on any atom is 0.417 e. The number of anilines is 2. The van der Waals surface area contributed by atoms with Crippen LogP contribution in [0.5, 0.6) is 0 Å². The van der Waals surface area contributed by atoms with Crippen molar-refractivity contribution in [2.24, 2.45) is 0 Å². The predicted octanol–water partition coefficient (Wildman–Crippen LogP) is 4.80. The van der Waals surface area contributed by atoms with Gasteiger partial charge in [0.05, 0.1) is 23.5 Å². The fourth-order valence-corrected chi connectivity index (χ4v) is 5.68. The highest BCUT2D eigenvalue weighted by molar-refractivity contribution is 6.11. The van der Waals surface area contributed by atoms with E-state index in [4.69, 9.17) is 4.74 Å². The molecule has 3 aliphatic heterocycles. The van der Waals surface area contributed by atoms with Gasteiger partial charge in [0.2, 0.25) is 5.91 Å². The third kappa shape index (κ3) is 5.94. The number of amidine groups is 1. The summed E-state index contributed by atoms with van der Waals surface area (Å²) in [6, 6.07) is 5.65. The van der Waals surface area contributed by atoms with Gasteiger partial charge in [0.15, 0.2) is 0 Å². The summed E-state index contributed by atoms with van der Waals surface area (Å²) in [5.74, 6) is -0.307. The highest BCUT2D eigenvalue weighted by atomic mass is 19.4. The van der Waals surface area contributed by atoms with Crippen molar-refractivity contribution in [1.29, 1.82) is 5.41 Å². The fourth-order valence-electron chi connectivity index (χ4n) is 5.68. The number of aliphatic hydroxyl groups is 1. The van der Waals surface area contributed by atoms with Crippen LogP contribution in [0.2, 0.25) is 0 Å². The summed E-state index contributed by atoms with van der Waals surface area (Å²) in [5.41, 5.74) is 1.80. The topological polar surface area (TPSA) is 105 Å². The first-order chi connectivity index (χ1) is 19.9. The molecule has 42 heavy (non-hydrogen) atoms.